The Morgan fingerprint density at radius 1 is 1.31 bits per heavy atom. The van der Waals surface area contributed by atoms with Gasteiger partial charge in [0.25, 0.3) is 0 Å². The van der Waals surface area contributed by atoms with E-state index in [1.165, 1.54) is 0 Å². The van der Waals surface area contributed by atoms with Gasteiger partial charge >= 0.3 is 0 Å². The molecule has 0 aliphatic carbocycles. The number of oxazole rings is 1. The van der Waals surface area contributed by atoms with E-state index in [9.17, 15) is 0 Å². The van der Waals surface area contributed by atoms with Gasteiger partial charge < -0.3 is 9.15 Å². The number of alkyl halides is 1. The minimum Gasteiger partial charge on any atom is -0.494 e. The summed E-state index contributed by atoms with van der Waals surface area (Å²) in [6, 6.07) is 7.68. The molecule has 0 fully saturated rings. The van der Waals surface area contributed by atoms with E-state index < -0.39 is 0 Å². The van der Waals surface area contributed by atoms with Crippen LogP contribution in [0.3, 0.4) is 0 Å². The molecular weight excluding hydrogens is 226 g/mol. The normalized spacial score (nSPS) is 10.4. The quantitative estimate of drug-likeness (QED) is 0.764. The third-order valence-electron chi connectivity index (χ3n) is 2.12. The van der Waals surface area contributed by atoms with Crippen LogP contribution in [0.2, 0.25) is 0 Å². The molecule has 0 bridgehead atoms. The van der Waals surface area contributed by atoms with Crippen LogP contribution in [-0.4, -0.2) is 11.6 Å². The Labute approximate surface area is 99.0 Å². The Kier molecular flexibility index (Phi) is 3.47. The molecule has 1 heterocycles. The fourth-order valence-electron chi connectivity index (χ4n) is 1.39. The number of aromatic nitrogens is 1. The molecule has 0 N–H and O–H groups in total. The number of halogens is 1. The Balaban J connectivity index is 2.20. The van der Waals surface area contributed by atoms with E-state index in [-0.39, 0.29) is 5.88 Å². The van der Waals surface area contributed by atoms with Crippen LogP contribution in [-0.2, 0) is 5.88 Å². The lowest BCUT2D eigenvalue weighted by molar-refractivity contribution is 0.340. The summed E-state index contributed by atoms with van der Waals surface area (Å²) in [6.45, 7) is 2.62. The fraction of sp³-hybridized carbons (Fsp3) is 0.250. The molecule has 1 aromatic carbocycles. The second-order valence-corrected chi connectivity index (χ2v) is 3.48. The van der Waals surface area contributed by atoms with Crippen LogP contribution in [0.15, 0.2) is 34.9 Å². The monoisotopic (exact) mass is 237 g/mol. The van der Waals surface area contributed by atoms with Crippen molar-refractivity contribution in [1.82, 2.24) is 4.98 Å². The number of hydrogen-bond acceptors (Lipinski definition) is 3. The van der Waals surface area contributed by atoms with E-state index in [0.717, 1.165) is 17.1 Å². The number of benzene rings is 1. The summed E-state index contributed by atoms with van der Waals surface area (Å²) in [5, 5.41) is 0. The standard InChI is InChI=1S/C12H12ClNO2/c1-2-15-10-5-3-9(4-6-10)11-8-14-12(7-13)16-11/h3-6,8H,2,7H2,1H3. The molecule has 16 heavy (non-hydrogen) atoms. The van der Waals surface area contributed by atoms with Crippen LogP contribution in [0.25, 0.3) is 11.3 Å². The molecule has 0 saturated carbocycles. The van der Waals surface area contributed by atoms with E-state index in [1.807, 2.05) is 31.2 Å². The average Bonchev–Trinajstić information content (AvgIpc) is 2.79. The second-order valence-electron chi connectivity index (χ2n) is 3.21. The third kappa shape index (κ3) is 2.36. The van der Waals surface area contributed by atoms with Crippen molar-refractivity contribution in [3.05, 3.63) is 36.4 Å². The van der Waals surface area contributed by atoms with E-state index in [1.54, 1.807) is 6.20 Å². The van der Waals surface area contributed by atoms with Crippen LogP contribution in [0.4, 0.5) is 0 Å². The third-order valence-corrected chi connectivity index (χ3v) is 2.35. The summed E-state index contributed by atoms with van der Waals surface area (Å²) in [5.41, 5.74) is 0.965. The van der Waals surface area contributed by atoms with E-state index >= 15 is 0 Å². The highest BCUT2D eigenvalue weighted by molar-refractivity contribution is 6.16. The summed E-state index contributed by atoms with van der Waals surface area (Å²) < 4.78 is 10.8. The van der Waals surface area contributed by atoms with E-state index in [2.05, 4.69) is 4.98 Å². The Hall–Kier alpha value is -1.48. The van der Waals surface area contributed by atoms with Crippen molar-refractivity contribution in [3.63, 3.8) is 0 Å². The van der Waals surface area contributed by atoms with Gasteiger partial charge in [0, 0.05) is 5.56 Å². The maximum absolute atomic E-state index is 5.62. The summed E-state index contributed by atoms with van der Waals surface area (Å²) in [6.07, 6.45) is 1.67. The molecule has 0 saturated heterocycles. The van der Waals surface area contributed by atoms with Crippen LogP contribution >= 0.6 is 11.6 Å². The van der Waals surface area contributed by atoms with Gasteiger partial charge in [0.1, 0.15) is 5.75 Å². The maximum atomic E-state index is 5.62. The summed E-state index contributed by atoms with van der Waals surface area (Å²) in [5.74, 6) is 2.39. The zero-order valence-electron chi connectivity index (χ0n) is 8.94. The first-order valence-corrected chi connectivity index (χ1v) is 5.61. The van der Waals surface area contributed by atoms with Gasteiger partial charge in [0.05, 0.1) is 18.7 Å². The fourth-order valence-corrected chi connectivity index (χ4v) is 1.51. The Bertz CT molecular complexity index is 450. The minimum absolute atomic E-state index is 0.289. The van der Waals surface area contributed by atoms with Crippen molar-refractivity contribution < 1.29 is 9.15 Å². The first-order chi connectivity index (χ1) is 7.83. The van der Waals surface area contributed by atoms with Gasteiger partial charge in [-0.15, -0.1) is 11.6 Å². The summed E-state index contributed by atoms with van der Waals surface area (Å²) in [4.78, 5) is 4.04. The number of rotatable bonds is 4. The highest BCUT2D eigenvalue weighted by Crippen LogP contribution is 2.23. The maximum Gasteiger partial charge on any atom is 0.209 e. The highest BCUT2D eigenvalue weighted by Gasteiger charge is 2.05. The van der Waals surface area contributed by atoms with Crippen molar-refractivity contribution >= 4 is 11.6 Å². The molecule has 0 radical (unpaired) electrons. The first kappa shape index (κ1) is 11.0. The van der Waals surface area contributed by atoms with Crippen molar-refractivity contribution in [2.45, 2.75) is 12.8 Å². The van der Waals surface area contributed by atoms with Gasteiger partial charge in [0.2, 0.25) is 5.89 Å². The molecular formula is C12H12ClNO2. The van der Waals surface area contributed by atoms with Gasteiger partial charge in [-0.3, -0.25) is 0 Å². The molecule has 1 aromatic heterocycles. The number of ether oxygens (including phenoxy) is 1. The lowest BCUT2D eigenvalue weighted by Crippen LogP contribution is -1.90. The zero-order valence-corrected chi connectivity index (χ0v) is 9.70. The average molecular weight is 238 g/mol. The minimum atomic E-state index is 0.289. The highest BCUT2D eigenvalue weighted by atomic mass is 35.5. The summed E-state index contributed by atoms with van der Waals surface area (Å²) >= 11 is 5.62. The molecule has 2 aromatic rings. The van der Waals surface area contributed by atoms with Crippen LogP contribution in [0, 0.1) is 0 Å². The molecule has 0 unspecified atom stereocenters. The van der Waals surface area contributed by atoms with Crippen LogP contribution in [0.1, 0.15) is 12.8 Å². The van der Waals surface area contributed by atoms with Crippen molar-refractivity contribution in [2.75, 3.05) is 6.61 Å². The van der Waals surface area contributed by atoms with Crippen LogP contribution in [0.5, 0.6) is 5.75 Å². The van der Waals surface area contributed by atoms with Gasteiger partial charge in [-0.05, 0) is 31.2 Å². The van der Waals surface area contributed by atoms with Gasteiger partial charge in [-0.1, -0.05) is 0 Å². The second kappa shape index (κ2) is 5.03. The lowest BCUT2D eigenvalue weighted by Gasteiger charge is -2.02. The molecule has 0 atom stereocenters. The van der Waals surface area contributed by atoms with Crippen molar-refractivity contribution in [1.29, 1.82) is 0 Å². The number of hydrogen-bond donors (Lipinski definition) is 0. The smallest absolute Gasteiger partial charge is 0.209 e. The van der Waals surface area contributed by atoms with Gasteiger partial charge in [-0.25, -0.2) is 4.98 Å². The number of nitrogens with zero attached hydrogens (tertiary/aromatic N) is 1. The molecule has 0 amide bonds. The molecule has 4 heteroatoms. The van der Waals surface area contributed by atoms with Gasteiger partial charge in [0.15, 0.2) is 5.76 Å². The largest absolute Gasteiger partial charge is 0.494 e. The molecule has 3 nitrogen and oxygen atoms in total. The SMILES string of the molecule is CCOc1ccc(-c2cnc(CCl)o2)cc1. The first-order valence-electron chi connectivity index (χ1n) is 5.07. The predicted octanol–water partition coefficient (Wildman–Crippen LogP) is 3.48. The van der Waals surface area contributed by atoms with E-state index in [0.29, 0.717) is 12.5 Å². The zero-order chi connectivity index (χ0) is 11.4. The Morgan fingerprint density at radius 3 is 2.62 bits per heavy atom. The predicted molar refractivity (Wildman–Crippen MR) is 62.7 cm³/mol. The molecule has 0 aliphatic rings. The lowest BCUT2D eigenvalue weighted by atomic mass is 10.2. The molecule has 84 valence electrons. The topological polar surface area (TPSA) is 35.3 Å². The molecule has 0 spiro atoms. The summed E-state index contributed by atoms with van der Waals surface area (Å²) in [7, 11) is 0. The van der Waals surface area contributed by atoms with Crippen molar-refractivity contribution in [2.24, 2.45) is 0 Å². The molecule has 0 aliphatic heterocycles. The van der Waals surface area contributed by atoms with Gasteiger partial charge in [-0.2, -0.15) is 0 Å². The van der Waals surface area contributed by atoms with E-state index in [4.69, 9.17) is 20.8 Å². The van der Waals surface area contributed by atoms with Crippen LogP contribution < -0.4 is 4.74 Å². The molecule has 2 rings (SSSR count). The Morgan fingerprint density at radius 2 is 2.06 bits per heavy atom. The van der Waals surface area contributed by atoms with Crippen molar-refractivity contribution in [3.8, 4) is 17.1 Å².